The maximum absolute atomic E-state index is 13.5. The van der Waals surface area contributed by atoms with Crippen LogP contribution >= 0.6 is 0 Å². The van der Waals surface area contributed by atoms with E-state index in [1.807, 2.05) is 59.3 Å². The molecule has 2 heterocycles. The van der Waals surface area contributed by atoms with Gasteiger partial charge in [0.25, 0.3) is 0 Å². The van der Waals surface area contributed by atoms with Gasteiger partial charge in [-0.2, -0.15) is 0 Å². The molecule has 230 valence electrons. The number of nitrogens with zero attached hydrogens (tertiary/aromatic N) is 5. The molecular formula is C33H44N6O4. The maximum Gasteiger partial charge on any atom is 0.309 e. The average molecular weight is 589 g/mol. The first-order chi connectivity index (χ1) is 20.8. The summed E-state index contributed by atoms with van der Waals surface area (Å²) in [6.07, 6.45) is 3.91. The molecule has 0 aliphatic rings. The standard InChI is InChI=1S/C33H44N6O4/c1-5-6-12-28-36-31-32(26-10-7-8-11-27(26)35-33(31)34)39(28)18-9-17-38(29(40)23-37(2)19-20-42-3)22-25-15-13-24(14-16-25)21-30(41)43-4/h7-8,10-11,13-16H,5-6,9,12,17-23H2,1-4H3,(H2,34,35). The number of anilines is 1. The molecule has 0 saturated heterocycles. The van der Waals surface area contributed by atoms with Gasteiger partial charge in [-0.3, -0.25) is 14.5 Å². The number of nitrogen functional groups attached to an aromatic ring is 1. The third kappa shape index (κ3) is 8.30. The number of benzene rings is 2. The number of ether oxygens (including phenoxy) is 2. The zero-order valence-electron chi connectivity index (χ0n) is 25.8. The van der Waals surface area contributed by atoms with E-state index in [2.05, 4.69) is 22.5 Å². The number of carbonyl (C=O) groups excluding carboxylic acids is 2. The molecule has 0 saturated carbocycles. The van der Waals surface area contributed by atoms with Crippen LogP contribution in [0.5, 0.6) is 0 Å². The normalized spacial score (nSPS) is 11.5. The molecule has 0 spiro atoms. The first kappa shape index (κ1) is 31.9. The van der Waals surface area contributed by atoms with Crippen molar-refractivity contribution in [2.24, 2.45) is 0 Å². The molecule has 2 aromatic carbocycles. The predicted octanol–water partition coefficient (Wildman–Crippen LogP) is 4.22. The van der Waals surface area contributed by atoms with E-state index in [1.54, 1.807) is 7.11 Å². The maximum atomic E-state index is 13.5. The van der Waals surface area contributed by atoms with E-state index < -0.39 is 0 Å². The third-order valence-corrected chi connectivity index (χ3v) is 7.66. The summed E-state index contributed by atoms with van der Waals surface area (Å²) >= 11 is 0. The number of fused-ring (bicyclic) bond motifs is 3. The Labute approximate surface area is 253 Å². The van der Waals surface area contributed by atoms with Crippen molar-refractivity contribution in [1.29, 1.82) is 0 Å². The molecule has 43 heavy (non-hydrogen) atoms. The number of esters is 1. The Morgan fingerprint density at radius 2 is 1.72 bits per heavy atom. The van der Waals surface area contributed by atoms with Gasteiger partial charge in [-0.25, -0.2) is 9.97 Å². The number of carbonyl (C=O) groups is 2. The van der Waals surface area contributed by atoms with Crippen LogP contribution in [0.3, 0.4) is 0 Å². The Morgan fingerprint density at radius 1 is 0.977 bits per heavy atom. The van der Waals surface area contributed by atoms with Crippen LogP contribution in [-0.4, -0.2) is 83.7 Å². The van der Waals surface area contributed by atoms with E-state index in [1.165, 1.54) is 7.11 Å². The number of imidazole rings is 1. The molecule has 1 amide bonds. The van der Waals surface area contributed by atoms with Crippen LogP contribution in [0.25, 0.3) is 21.9 Å². The Hall–Kier alpha value is -4.02. The number of pyridine rings is 1. The summed E-state index contributed by atoms with van der Waals surface area (Å²) in [7, 11) is 4.97. The lowest BCUT2D eigenvalue weighted by molar-refractivity contribution is -0.139. The van der Waals surface area contributed by atoms with Gasteiger partial charge in [0.15, 0.2) is 5.82 Å². The van der Waals surface area contributed by atoms with Crippen molar-refractivity contribution < 1.29 is 19.1 Å². The minimum Gasteiger partial charge on any atom is -0.469 e. The molecule has 4 rings (SSSR count). The molecule has 0 fully saturated rings. The largest absolute Gasteiger partial charge is 0.469 e. The van der Waals surface area contributed by atoms with E-state index in [-0.39, 0.29) is 18.3 Å². The van der Waals surface area contributed by atoms with Crippen LogP contribution in [0.4, 0.5) is 5.82 Å². The van der Waals surface area contributed by atoms with Gasteiger partial charge in [0, 0.05) is 45.1 Å². The Morgan fingerprint density at radius 3 is 2.44 bits per heavy atom. The highest BCUT2D eigenvalue weighted by molar-refractivity contribution is 6.06. The zero-order chi connectivity index (χ0) is 30.8. The van der Waals surface area contributed by atoms with Crippen molar-refractivity contribution in [2.75, 3.05) is 53.2 Å². The predicted molar refractivity (Wildman–Crippen MR) is 170 cm³/mol. The smallest absolute Gasteiger partial charge is 0.309 e. The topological polar surface area (TPSA) is 116 Å². The quantitative estimate of drug-likeness (QED) is 0.194. The molecule has 2 N–H and O–H groups in total. The molecule has 10 heteroatoms. The van der Waals surface area contributed by atoms with Crippen LogP contribution in [0.1, 0.15) is 43.1 Å². The number of aryl methyl sites for hydroxylation is 2. The molecule has 4 aromatic rings. The van der Waals surface area contributed by atoms with Crippen molar-refractivity contribution >= 4 is 39.6 Å². The number of aromatic nitrogens is 3. The molecule has 0 unspecified atom stereocenters. The number of nitrogens with two attached hydrogens (primary N) is 1. The number of methoxy groups -OCH3 is 2. The number of likely N-dealkylation sites (N-methyl/N-ethyl adjacent to an activating group) is 1. The summed E-state index contributed by atoms with van der Waals surface area (Å²) < 4.78 is 12.3. The van der Waals surface area contributed by atoms with Gasteiger partial charge in [-0.15, -0.1) is 0 Å². The zero-order valence-corrected chi connectivity index (χ0v) is 25.8. The van der Waals surface area contributed by atoms with Gasteiger partial charge in [-0.05, 0) is 37.1 Å². The Balaban J connectivity index is 1.57. The van der Waals surface area contributed by atoms with Crippen molar-refractivity contribution in [1.82, 2.24) is 24.3 Å². The van der Waals surface area contributed by atoms with Gasteiger partial charge in [0.1, 0.15) is 11.3 Å². The highest BCUT2D eigenvalue weighted by Gasteiger charge is 2.20. The molecule has 0 aliphatic heterocycles. The number of hydrogen-bond acceptors (Lipinski definition) is 8. The van der Waals surface area contributed by atoms with E-state index in [0.717, 1.165) is 64.6 Å². The van der Waals surface area contributed by atoms with Crippen molar-refractivity contribution in [2.45, 2.75) is 52.1 Å². The second-order valence-electron chi connectivity index (χ2n) is 11.0. The lowest BCUT2D eigenvalue weighted by Gasteiger charge is -2.26. The van der Waals surface area contributed by atoms with E-state index >= 15 is 0 Å². The summed E-state index contributed by atoms with van der Waals surface area (Å²) in [6.45, 7) is 5.45. The van der Waals surface area contributed by atoms with Crippen molar-refractivity contribution in [3.63, 3.8) is 0 Å². The summed E-state index contributed by atoms with van der Waals surface area (Å²) in [4.78, 5) is 38.7. The van der Waals surface area contributed by atoms with Crippen LogP contribution in [-0.2, 0) is 45.0 Å². The number of unbranched alkanes of at least 4 members (excludes halogenated alkanes) is 1. The van der Waals surface area contributed by atoms with Crippen LogP contribution < -0.4 is 5.73 Å². The fourth-order valence-electron chi connectivity index (χ4n) is 5.26. The average Bonchev–Trinajstić information content (AvgIpc) is 3.38. The second-order valence-corrected chi connectivity index (χ2v) is 11.0. The second kappa shape index (κ2) is 15.5. The fourth-order valence-corrected chi connectivity index (χ4v) is 5.26. The molecular weight excluding hydrogens is 544 g/mol. The molecule has 10 nitrogen and oxygen atoms in total. The van der Waals surface area contributed by atoms with Crippen LogP contribution in [0.15, 0.2) is 48.5 Å². The van der Waals surface area contributed by atoms with Gasteiger partial charge in [-0.1, -0.05) is 55.8 Å². The highest BCUT2D eigenvalue weighted by Crippen LogP contribution is 2.29. The SMILES string of the molecule is CCCCc1nc2c(N)nc3ccccc3c2n1CCCN(Cc1ccc(CC(=O)OC)cc1)C(=O)CN(C)CCOC. The van der Waals surface area contributed by atoms with Gasteiger partial charge in [0.05, 0.1) is 37.7 Å². The minimum absolute atomic E-state index is 0.0535. The van der Waals surface area contributed by atoms with Gasteiger partial charge >= 0.3 is 5.97 Å². The van der Waals surface area contributed by atoms with Crippen LogP contribution in [0, 0.1) is 0 Å². The number of hydrogen-bond donors (Lipinski definition) is 1. The fraction of sp³-hybridized carbons (Fsp3) is 0.455. The lowest BCUT2D eigenvalue weighted by atomic mass is 10.1. The lowest BCUT2D eigenvalue weighted by Crippen LogP contribution is -2.40. The van der Waals surface area contributed by atoms with Gasteiger partial charge < -0.3 is 24.7 Å². The highest BCUT2D eigenvalue weighted by atomic mass is 16.5. The molecule has 0 aliphatic carbocycles. The molecule has 2 aromatic heterocycles. The summed E-state index contributed by atoms with van der Waals surface area (Å²) in [5, 5.41) is 1.03. The number of rotatable bonds is 16. The third-order valence-electron chi connectivity index (χ3n) is 7.66. The number of para-hydroxylation sites is 1. The van der Waals surface area contributed by atoms with E-state index in [9.17, 15) is 9.59 Å². The van der Waals surface area contributed by atoms with Crippen molar-refractivity contribution in [3.05, 3.63) is 65.5 Å². The van der Waals surface area contributed by atoms with Crippen LogP contribution in [0.2, 0.25) is 0 Å². The summed E-state index contributed by atoms with van der Waals surface area (Å²) in [6, 6.07) is 15.8. The van der Waals surface area contributed by atoms with E-state index in [0.29, 0.717) is 45.1 Å². The minimum atomic E-state index is -0.278. The molecule has 0 radical (unpaired) electrons. The Kier molecular flexibility index (Phi) is 11.5. The first-order valence-electron chi connectivity index (χ1n) is 15.0. The summed E-state index contributed by atoms with van der Waals surface area (Å²) in [5.41, 5.74) is 10.9. The van der Waals surface area contributed by atoms with Crippen molar-refractivity contribution in [3.8, 4) is 0 Å². The monoisotopic (exact) mass is 588 g/mol. The molecule has 0 atom stereocenters. The van der Waals surface area contributed by atoms with E-state index in [4.69, 9.17) is 20.2 Å². The first-order valence-corrected chi connectivity index (χ1v) is 15.0. The van der Waals surface area contributed by atoms with Gasteiger partial charge in [0.2, 0.25) is 5.91 Å². The number of amides is 1. The summed E-state index contributed by atoms with van der Waals surface area (Å²) in [5.74, 6) is 1.22. The Bertz CT molecular complexity index is 1520. The molecule has 0 bridgehead atoms.